The second kappa shape index (κ2) is 10.2. The molecule has 0 bridgehead atoms. The van der Waals surface area contributed by atoms with E-state index in [1.807, 2.05) is 36.8 Å². The van der Waals surface area contributed by atoms with E-state index >= 15 is 0 Å². The number of benzene rings is 2. The predicted molar refractivity (Wildman–Crippen MR) is 112 cm³/mol. The lowest BCUT2D eigenvalue weighted by atomic mass is 10.1. The Morgan fingerprint density at radius 1 is 1.00 bits per heavy atom. The summed E-state index contributed by atoms with van der Waals surface area (Å²) in [5.74, 6) is 1.66. The van der Waals surface area contributed by atoms with Crippen molar-refractivity contribution >= 4 is 5.96 Å². The summed E-state index contributed by atoms with van der Waals surface area (Å²) in [6.07, 6.45) is 5.60. The Hall–Kier alpha value is -3.28. The van der Waals surface area contributed by atoms with Gasteiger partial charge < -0.3 is 19.9 Å². The number of imidazole rings is 1. The summed E-state index contributed by atoms with van der Waals surface area (Å²) in [6, 6.07) is 16.6. The van der Waals surface area contributed by atoms with Gasteiger partial charge in [-0.05, 0) is 35.7 Å². The highest BCUT2D eigenvalue weighted by Crippen LogP contribution is 2.12. The molecule has 1 aromatic heterocycles. The zero-order valence-corrected chi connectivity index (χ0v) is 16.4. The van der Waals surface area contributed by atoms with Crippen molar-refractivity contribution in [3.05, 3.63) is 83.9 Å². The first kappa shape index (κ1) is 19.5. The molecule has 0 saturated heterocycles. The summed E-state index contributed by atoms with van der Waals surface area (Å²) in [5.41, 5.74) is 3.60. The van der Waals surface area contributed by atoms with Gasteiger partial charge in [-0.1, -0.05) is 36.4 Å². The minimum Gasteiger partial charge on any atom is -0.497 e. The Labute approximate surface area is 166 Å². The number of guanidine groups is 1. The van der Waals surface area contributed by atoms with Gasteiger partial charge in [0.15, 0.2) is 5.96 Å². The fourth-order valence-corrected chi connectivity index (χ4v) is 2.78. The molecule has 6 heteroatoms. The summed E-state index contributed by atoms with van der Waals surface area (Å²) >= 11 is 0. The molecule has 3 rings (SSSR count). The van der Waals surface area contributed by atoms with Gasteiger partial charge >= 0.3 is 0 Å². The summed E-state index contributed by atoms with van der Waals surface area (Å²) < 4.78 is 7.25. The number of nitrogens with zero attached hydrogens (tertiary/aromatic N) is 3. The zero-order valence-electron chi connectivity index (χ0n) is 16.4. The Morgan fingerprint density at radius 3 is 2.36 bits per heavy atom. The van der Waals surface area contributed by atoms with Crippen LogP contribution in [0, 0.1) is 0 Å². The third kappa shape index (κ3) is 5.87. The molecule has 0 aliphatic rings. The van der Waals surface area contributed by atoms with Crippen LogP contribution in [0.4, 0.5) is 0 Å². The number of nitrogens with one attached hydrogen (secondary N) is 2. The number of methoxy groups -OCH3 is 1. The minimum atomic E-state index is 0.614. The zero-order chi connectivity index (χ0) is 19.6. The average molecular weight is 377 g/mol. The Kier molecular flexibility index (Phi) is 7.07. The highest BCUT2D eigenvalue weighted by atomic mass is 16.5. The van der Waals surface area contributed by atoms with E-state index < -0.39 is 0 Å². The number of ether oxygens (including phenoxy) is 1. The lowest BCUT2D eigenvalue weighted by Gasteiger charge is -2.12. The maximum atomic E-state index is 5.19. The molecule has 3 aromatic rings. The monoisotopic (exact) mass is 377 g/mol. The van der Waals surface area contributed by atoms with E-state index in [9.17, 15) is 0 Å². The van der Waals surface area contributed by atoms with Gasteiger partial charge in [-0.3, -0.25) is 0 Å². The largest absolute Gasteiger partial charge is 0.497 e. The third-order valence-corrected chi connectivity index (χ3v) is 4.33. The molecule has 0 saturated carbocycles. The van der Waals surface area contributed by atoms with Crippen molar-refractivity contribution in [2.45, 2.75) is 26.6 Å². The third-order valence-electron chi connectivity index (χ3n) is 4.33. The Morgan fingerprint density at radius 2 is 1.71 bits per heavy atom. The summed E-state index contributed by atoms with van der Waals surface area (Å²) in [6.45, 7) is 5.05. The summed E-state index contributed by atoms with van der Waals surface area (Å²) in [5, 5.41) is 6.68. The quantitative estimate of drug-likeness (QED) is 0.467. The first-order valence-corrected chi connectivity index (χ1v) is 9.45. The van der Waals surface area contributed by atoms with Gasteiger partial charge in [-0.15, -0.1) is 0 Å². The maximum absolute atomic E-state index is 5.19. The van der Waals surface area contributed by atoms with Crippen molar-refractivity contribution in [3.63, 3.8) is 0 Å². The van der Waals surface area contributed by atoms with Gasteiger partial charge in [0.1, 0.15) is 5.75 Å². The maximum Gasteiger partial charge on any atom is 0.191 e. The van der Waals surface area contributed by atoms with Crippen molar-refractivity contribution in [2.24, 2.45) is 4.99 Å². The number of aromatic nitrogens is 2. The van der Waals surface area contributed by atoms with Crippen LogP contribution in [0.15, 0.2) is 72.2 Å². The molecular weight excluding hydrogens is 350 g/mol. The topological polar surface area (TPSA) is 63.5 Å². The van der Waals surface area contributed by atoms with E-state index in [1.165, 1.54) is 11.1 Å². The molecular formula is C22H27N5O. The molecule has 0 unspecified atom stereocenters. The van der Waals surface area contributed by atoms with Gasteiger partial charge in [-0.25, -0.2) is 9.98 Å². The lowest BCUT2D eigenvalue weighted by molar-refractivity contribution is 0.414. The molecule has 146 valence electrons. The van der Waals surface area contributed by atoms with Crippen molar-refractivity contribution in [1.82, 2.24) is 20.2 Å². The molecule has 1 heterocycles. The highest BCUT2D eigenvalue weighted by Gasteiger charge is 2.01. The molecule has 0 amide bonds. The Bertz CT molecular complexity index is 855. The van der Waals surface area contributed by atoms with Crippen molar-refractivity contribution in [3.8, 4) is 5.75 Å². The van der Waals surface area contributed by atoms with Crippen LogP contribution in [0.3, 0.4) is 0 Å². The van der Waals surface area contributed by atoms with Crippen LogP contribution in [0.5, 0.6) is 5.75 Å². The lowest BCUT2D eigenvalue weighted by Crippen LogP contribution is -2.36. The minimum absolute atomic E-state index is 0.614. The fourth-order valence-electron chi connectivity index (χ4n) is 2.78. The molecule has 0 spiro atoms. The predicted octanol–water partition coefficient (Wildman–Crippen LogP) is 3.20. The number of hydrogen-bond acceptors (Lipinski definition) is 3. The van der Waals surface area contributed by atoms with Crippen LogP contribution >= 0.6 is 0 Å². The van der Waals surface area contributed by atoms with E-state index in [0.29, 0.717) is 6.54 Å². The molecule has 0 aliphatic carbocycles. The SMILES string of the molecule is CCNC(=NCc1ccc(OC)cc1)NCc1ccc(Cn2ccnc2)cc1. The second-order valence-corrected chi connectivity index (χ2v) is 6.45. The van der Waals surface area contributed by atoms with E-state index in [-0.39, 0.29) is 0 Å². The van der Waals surface area contributed by atoms with Gasteiger partial charge in [0.25, 0.3) is 0 Å². The molecule has 2 aromatic carbocycles. The summed E-state index contributed by atoms with van der Waals surface area (Å²) in [4.78, 5) is 8.74. The van der Waals surface area contributed by atoms with Gasteiger partial charge in [0.2, 0.25) is 0 Å². The normalized spacial score (nSPS) is 11.3. The summed E-state index contributed by atoms with van der Waals surface area (Å²) in [7, 11) is 1.67. The first-order chi connectivity index (χ1) is 13.8. The first-order valence-electron chi connectivity index (χ1n) is 9.45. The number of rotatable bonds is 8. The van der Waals surface area contributed by atoms with Crippen molar-refractivity contribution < 1.29 is 4.74 Å². The second-order valence-electron chi connectivity index (χ2n) is 6.45. The van der Waals surface area contributed by atoms with Crippen LogP contribution in [-0.2, 0) is 19.6 Å². The molecule has 0 atom stereocenters. The van der Waals surface area contributed by atoms with Crippen LogP contribution in [-0.4, -0.2) is 29.2 Å². The molecule has 2 N–H and O–H groups in total. The van der Waals surface area contributed by atoms with Gasteiger partial charge in [0, 0.05) is 32.0 Å². The van der Waals surface area contributed by atoms with Crippen LogP contribution in [0.25, 0.3) is 0 Å². The molecule has 0 fully saturated rings. The van der Waals surface area contributed by atoms with E-state index in [4.69, 9.17) is 4.74 Å². The Balaban J connectivity index is 1.54. The molecule has 0 aliphatic heterocycles. The van der Waals surface area contributed by atoms with E-state index in [2.05, 4.69) is 56.4 Å². The molecule has 28 heavy (non-hydrogen) atoms. The smallest absolute Gasteiger partial charge is 0.191 e. The van der Waals surface area contributed by atoms with Crippen LogP contribution in [0.1, 0.15) is 23.6 Å². The molecule has 0 radical (unpaired) electrons. The fraction of sp³-hybridized carbons (Fsp3) is 0.273. The van der Waals surface area contributed by atoms with Gasteiger partial charge in [-0.2, -0.15) is 0 Å². The highest BCUT2D eigenvalue weighted by molar-refractivity contribution is 5.79. The average Bonchev–Trinajstić information content (AvgIpc) is 3.24. The van der Waals surface area contributed by atoms with Crippen LogP contribution in [0.2, 0.25) is 0 Å². The van der Waals surface area contributed by atoms with Crippen molar-refractivity contribution in [1.29, 1.82) is 0 Å². The van der Waals surface area contributed by atoms with E-state index in [1.54, 1.807) is 13.3 Å². The standard InChI is InChI=1S/C22H27N5O/c1-3-24-22(26-15-19-8-10-21(28-2)11-9-19)25-14-18-4-6-20(7-5-18)16-27-13-12-23-17-27/h4-13,17H,3,14-16H2,1-2H3,(H2,24,25,26). The van der Waals surface area contributed by atoms with Crippen LogP contribution < -0.4 is 15.4 Å². The van der Waals surface area contributed by atoms with E-state index in [0.717, 1.165) is 36.9 Å². The number of aliphatic imine (C=N–C) groups is 1. The number of hydrogen-bond donors (Lipinski definition) is 2. The van der Waals surface area contributed by atoms with Crippen molar-refractivity contribution in [2.75, 3.05) is 13.7 Å². The van der Waals surface area contributed by atoms with Gasteiger partial charge in [0.05, 0.1) is 20.0 Å². The molecule has 6 nitrogen and oxygen atoms in total.